The first-order valence-electron chi connectivity index (χ1n) is 8.56. The summed E-state index contributed by atoms with van der Waals surface area (Å²) >= 11 is 3.41. The van der Waals surface area contributed by atoms with Crippen LogP contribution in [0.3, 0.4) is 0 Å². The highest BCUT2D eigenvalue weighted by Gasteiger charge is 2.23. The zero-order chi connectivity index (χ0) is 19.1. The van der Waals surface area contributed by atoms with E-state index in [9.17, 15) is 9.59 Å². The maximum atomic E-state index is 12.3. The molecular weight excluding hydrogens is 394 g/mol. The molecule has 0 saturated carbocycles. The van der Waals surface area contributed by atoms with Crippen LogP contribution < -0.4 is 15.5 Å². The Hall–Kier alpha value is -2.18. The van der Waals surface area contributed by atoms with E-state index in [0.29, 0.717) is 6.54 Å². The second-order valence-corrected chi connectivity index (χ2v) is 7.37. The van der Waals surface area contributed by atoms with Gasteiger partial charge in [0.15, 0.2) is 12.6 Å². The maximum Gasteiger partial charge on any atom is 0.279 e. The first-order valence-corrected chi connectivity index (χ1v) is 9.36. The summed E-state index contributed by atoms with van der Waals surface area (Å²) in [7, 11) is 1.85. The van der Waals surface area contributed by atoms with Gasteiger partial charge in [0.25, 0.3) is 11.8 Å². The Morgan fingerprint density at radius 3 is 2.50 bits per heavy atom. The second-order valence-electron chi connectivity index (χ2n) is 6.46. The molecule has 5 nitrogen and oxygen atoms in total. The number of anilines is 1. The van der Waals surface area contributed by atoms with Crippen LogP contribution >= 0.6 is 15.9 Å². The van der Waals surface area contributed by atoms with Crippen LogP contribution in [0.1, 0.15) is 18.1 Å². The van der Waals surface area contributed by atoms with E-state index in [2.05, 4.69) is 26.6 Å². The van der Waals surface area contributed by atoms with Crippen molar-refractivity contribution in [2.45, 2.75) is 26.4 Å². The minimum Gasteiger partial charge on any atom is -0.347 e. The van der Waals surface area contributed by atoms with E-state index in [1.807, 2.05) is 69.4 Å². The van der Waals surface area contributed by atoms with Gasteiger partial charge >= 0.3 is 0 Å². The third kappa shape index (κ3) is 5.97. The van der Waals surface area contributed by atoms with Gasteiger partial charge in [-0.25, -0.2) is 0 Å². The summed E-state index contributed by atoms with van der Waals surface area (Å²) in [5, 5.41) is 5.83. The predicted molar refractivity (Wildman–Crippen MR) is 107 cm³/mol. The number of carbonyl (C=O) groups is 2. The van der Waals surface area contributed by atoms with Crippen LogP contribution in [0.4, 0.5) is 5.69 Å². The van der Waals surface area contributed by atoms with Crippen LogP contribution in [-0.4, -0.2) is 31.4 Å². The van der Waals surface area contributed by atoms with Gasteiger partial charge in [-0.3, -0.25) is 9.59 Å². The van der Waals surface area contributed by atoms with Crippen LogP contribution in [0.5, 0.6) is 0 Å². The fourth-order valence-corrected chi connectivity index (χ4v) is 3.01. The molecular formula is C20H25BrN3O2+. The van der Waals surface area contributed by atoms with Crippen LogP contribution in [0.25, 0.3) is 0 Å². The lowest BCUT2D eigenvalue weighted by Gasteiger charge is -2.21. The number of nitrogens with one attached hydrogen (secondary N) is 3. The van der Waals surface area contributed by atoms with Gasteiger partial charge < -0.3 is 15.5 Å². The van der Waals surface area contributed by atoms with Gasteiger partial charge in [0.2, 0.25) is 0 Å². The number of benzene rings is 2. The van der Waals surface area contributed by atoms with Gasteiger partial charge in [-0.05, 0) is 43.2 Å². The van der Waals surface area contributed by atoms with Crippen molar-refractivity contribution in [1.82, 2.24) is 5.32 Å². The van der Waals surface area contributed by atoms with Gasteiger partial charge in [-0.15, -0.1) is 0 Å². The third-order valence-electron chi connectivity index (χ3n) is 4.34. The number of aryl methyl sites for hydroxylation is 1. The van der Waals surface area contributed by atoms with Crippen molar-refractivity contribution in [3.8, 4) is 0 Å². The average Bonchev–Trinajstić information content (AvgIpc) is 2.62. The van der Waals surface area contributed by atoms with Gasteiger partial charge in [0.1, 0.15) is 0 Å². The molecule has 0 bridgehead atoms. The van der Waals surface area contributed by atoms with E-state index in [-0.39, 0.29) is 24.4 Å². The molecule has 0 aliphatic rings. The number of hydrogen-bond donors (Lipinski definition) is 3. The highest BCUT2D eigenvalue weighted by Crippen LogP contribution is 2.19. The molecule has 0 heterocycles. The van der Waals surface area contributed by atoms with Gasteiger partial charge in [-0.1, -0.05) is 46.3 Å². The number of halogens is 1. The van der Waals surface area contributed by atoms with Crippen molar-refractivity contribution in [3.63, 3.8) is 0 Å². The smallest absolute Gasteiger partial charge is 0.279 e. The van der Waals surface area contributed by atoms with Crippen LogP contribution in [0.15, 0.2) is 53.0 Å². The normalized spacial score (nSPS) is 12.9. The largest absolute Gasteiger partial charge is 0.347 e. The zero-order valence-corrected chi connectivity index (χ0v) is 16.9. The summed E-state index contributed by atoms with van der Waals surface area (Å²) in [5.74, 6) is -0.186. The van der Waals surface area contributed by atoms with E-state index < -0.39 is 0 Å². The highest BCUT2D eigenvalue weighted by molar-refractivity contribution is 9.10. The topological polar surface area (TPSA) is 62.6 Å². The van der Waals surface area contributed by atoms with E-state index in [1.165, 1.54) is 0 Å². The lowest BCUT2D eigenvalue weighted by Crippen LogP contribution is -3.15. The molecule has 0 saturated heterocycles. The van der Waals surface area contributed by atoms with Gasteiger partial charge in [0.05, 0.1) is 7.05 Å². The summed E-state index contributed by atoms with van der Waals surface area (Å²) in [6.07, 6.45) is 0. The summed E-state index contributed by atoms with van der Waals surface area (Å²) in [4.78, 5) is 25.4. The molecule has 0 fully saturated rings. The molecule has 0 spiro atoms. The summed E-state index contributed by atoms with van der Waals surface area (Å²) in [5.41, 5.74) is 2.82. The lowest BCUT2D eigenvalue weighted by molar-refractivity contribution is -0.885. The van der Waals surface area contributed by atoms with Crippen molar-refractivity contribution in [2.75, 3.05) is 18.9 Å². The van der Waals surface area contributed by atoms with E-state index >= 15 is 0 Å². The molecule has 0 aromatic heterocycles. The van der Waals surface area contributed by atoms with Crippen molar-refractivity contribution in [1.29, 1.82) is 0 Å². The monoisotopic (exact) mass is 418 g/mol. The number of quaternary nitrogens is 1. The van der Waals surface area contributed by atoms with Crippen LogP contribution in [-0.2, 0) is 16.1 Å². The van der Waals surface area contributed by atoms with E-state index in [4.69, 9.17) is 0 Å². The molecule has 0 aliphatic heterocycles. The van der Waals surface area contributed by atoms with Gasteiger partial charge in [0, 0.05) is 16.7 Å². The molecule has 1 unspecified atom stereocenters. The molecule has 2 rings (SSSR count). The van der Waals surface area contributed by atoms with E-state index in [1.54, 1.807) is 0 Å². The first-order chi connectivity index (χ1) is 12.4. The Labute approximate surface area is 162 Å². The average molecular weight is 419 g/mol. The Morgan fingerprint density at radius 2 is 1.85 bits per heavy atom. The number of rotatable bonds is 7. The van der Waals surface area contributed by atoms with E-state index in [0.717, 1.165) is 26.2 Å². The number of carbonyl (C=O) groups excluding carboxylic acids is 2. The van der Waals surface area contributed by atoms with Crippen molar-refractivity contribution >= 4 is 33.4 Å². The van der Waals surface area contributed by atoms with Crippen molar-refractivity contribution in [2.24, 2.45) is 0 Å². The highest BCUT2D eigenvalue weighted by atomic mass is 79.9. The number of hydrogen-bond acceptors (Lipinski definition) is 2. The fourth-order valence-electron chi connectivity index (χ4n) is 2.53. The maximum absolute atomic E-state index is 12.3. The number of likely N-dealkylation sites (N-methyl/N-ethyl adjacent to an activating group) is 1. The Kier molecular flexibility index (Phi) is 7.36. The van der Waals surface area contributed by atoms with Crippen LogP contribution in [0, 0.1) is 6.92 Å². The molecule has 6 heteroatoms. The van der Waals surface area contributed by atoms with Crippen LogP contribution in [0.2, 0.25) is 0 Å². The summed E-state index contributed by atoms with van der Waals surface area (Å²) in [6, 6.07) is 15.1. The molecule has 2 amide bonds. The minimum atomic E-state index is -0.324. The quantitative estimate of drug-likeness (QED) is 0.642. The Morgan fingerprint density at radius 1 is 1.15 bits per heavy atom. The molecule has 0 radical (unpaired) electrons. The Balaban J connectivity index is 1.84. The predicted octanol–water partition coefficient (Wildman–Crippen LogP) is 1.92. The molecule has 2 aromatic rings. The third-order valence-corrected chi connectivity index (χ3v) is 4.84. The molecule has 0 aliphatic carbocycles. The summed E-state index contributed by atoms with van der Waals surface area (Å²) < 4.78 is 0.972. The fraction of sp³-hybridized carbons (Fsp3) is 0.300. The lowest BCUT2D eigenvalue weighted by atomic mass is 10.2. The molecule has 2 atom stereocenters. The molecule has 2 aromatic carbocycles. The number of amides is 2. The second kappa shape index (κ2) is 9.50. The standard InChI is InChI=1S/C20H24BrN3O2/c1-14-11-17(21)9-10-18(14)23-19(25)13-24(3)15(2)20(26)22-12-16-7-5-4-6-8-16/h4-11,15H,12-13H2,1-3H3,(H,22,26)(H,23,25)/p+1/t15-/m0/s1. The first kappa shape index (κ1) is 20.1. The minimum absolute atomic E-state index is 0.0704. The Bertz CT molecular complexity index is 765. The summed E-state index contributed by atoms with van der Waals surface area (Å²) in [6.45, 7) is 4.47. The molecule has 138 valence electrons. The molecule has 3 N–H and O–H groups in total. The SMILES string of the molecule is Cc1cc(Br)ccc1NC(=O)C[NH+](C)[C@@H](C)C(=O)NCc1ccccc1. The van der Waals surface area contributed by atoms with Crippen molar-refractivity contribution < 1.29 is 14.5 Å². The molecule has 26 heavy (non-hydrogen) atoms. The van der Waals surface area contributed by atoms with Gasteiger partial charge in [-0.2, -0.15) is 0 Å². The van der Waals surface area contributed by atoms with Crippen molar-refractivity contribution in [3.05, 3.63) is 64.1 Å². The zero-order valence-electron chi connectivity index (χ0n) is 15.3.